The Bertz CT molecular complexity index is 619. The fourth-order valence-electron chi connectivity index (χ4n) is 2.74. The van der Waals surface area contributed by atoms with Gasteiger partial charge in [-0.1, -0.05) is 12.1 Å². The van der Waals surface area contributed by atoms with Crippen LogP contribution in [0.5, 0.6) is 5.75 Å². The Morgan fingerprint density at radius 3 is 2.75 bits per heavy atom. The van der Waals surface area contributed by atoms with Crippen LogP contribution in [0.3, 0.4) is 0 Å². The van der Waals surface area contributed by atoms with E-state index < -0.39 is 11.6 Å². The van der Waals surface area contributed by atoms with Crippen molar-refractivity contribution in [2.75, 3.05) is 19.7 Å². The normalized spacial score (nSPS) is 20.2. The van der Waals surface area contributed by atoms with Gasteiger partial charge in [0.15, 0.2) is 0 Å². The summed E-state index contributed by atoms with van der Waals surface area (Å²) in [7, 11) is 0. The number of aryl methyl sites for hydroxylation is 2. The van der Waals surface area contributed by atoms with Crippen molar-refractivity contribution in [3.05, 3.63) is 29.3 Å². The molecule has 1 aromatic carbocycles. The number of unbranched alkanes of at least 4 members (excludes halogenated alkanes) is 1. The highest BCUT2D eigenvalue weighted by atomic mass is 19.1. The van der Waals surface area contributed by atoms with Crippen LogP contribution < -0.4 is 4.74 Å². The van der Waals surface area contributed by atoms with Crippen LogP contribution in [0.1, 0.15) is 36.8 Å². The molecular weight excluding hydrogens is 313 g/mol. The molecule has 1 fully saturated rings. The van der Waals surface area contributed by atoms with E-state index in [4.69, 9.17) is 9.84 Å². The zero-order valence-corrected chi connectivity index (χ0v) is 14.2. The number of alkyl halides is 1. The number of amides is 1. The van der Waals surface area contributed by atoms with E-state index in [1.165, 1.54) is 4.90 Å². The molecular formula is C18H24FNO4. The molecule has 1 atom stereocenters. The summed E-state index contributed by atoms with van der Waals surface area (Å²) in [4.78, 5) is 24.2. The highest BCUT2D eigenvalue weighted by Gasteiger charge is 2.46. The monoisotopic (exact) mass is 337 g/mol. The highest BCUT2D eigenvalue weighted by molar-refractivity contribution is 5.82. The number of hydrogen-bond donors (Lipinski definition) is 1. The number of halogens is 1. The van der Waals surface area contributed by atoms with E-state index >= 15 is 0 Å². The maximum atomic E-state index is 13.9. The molecule has 1 amide bonds. The summed E-state index contributed by atoms with van der Waals surface area (Å²) >= 11 is 0. The van der Waals surface area contributed by atoms with Gasteiger partial charge in [-0.2, -0.15) is 0 Å². The van der Waals surface area contributed by atoms with Gasteiger partial charge in [-0.3, -0.25) is 4.79 Å². The van der Waals surface area contributed by atoms with Gasteiger partial charge in [0.25, 0.3) is 0 Å². The minimum Gasteiger partial charge on any atom is -0.493 e. The first-order valence-corrected chi connectivity index (χ1v) is 8.22. The number of likely N-dealkylation sites (tertiary alicyclic amines) is 1. The molecule has 5 nitrogen and oxygen atoms in total. The van der Waals surface area contributed by atoms with E-state index in [0.29, 0.717) is 19.4 Å². The molecule has 1 saturated heterocycles. The number of rotatable bonds is 7. The molecule has 1 aliphatic heterocycles. The van der Waals surface area contributed by atoms with Gasteiger partial charge in [0.2, 0.25) is 11.6 Å². The van der Waals surface area contributed by atoms with Gasteiger partial charge < -0.3 is 14.7 Å². The molecule has 132 valence electrons. The summed E-state index contributed by atoms with van der Waals surface area (Å²) in [6.45, 7) is 4.32. The predicted octanol–water partition coefficient (Wildman–Crippen LogP) is 2.88. The van der Waals surface area contributed by atoms with E-state index in [9.17, 15) is 14.0 Å². The molecule has 1 aromatic rings. The lowest BCUT2D eigenvalue weighted by Gasteiger charge is -2.17. The van der Waals surface area contributed by atoms with Gasteiger partial charge in [0, 0.05) is 19.4 Å². The number of carboxylic acid groups (broad SMARTS) is 1. The third-order valence-electron chi connectivity index (χ3n) is 4.34. The van der Waals surface area contributed by atoms with E-state index in [1.54, 1.807) is 0 Å². The first kappa shape index (κ1) is 18.2. The summed E-state index contributed by atoms with van der Waals surface area (Å²) in [5.74, 6) is -0.827. The molecule has 0 bridgehead atoms. The van der Waals surface area contributed by atoms with Crippen molar-refractivity contribution < 1.29 is 23.8 Å². The summed E-state index contributed by atoms with van der Waals surface area (Å²) in [5.41, 5.74) is -0.0868. The first-order valence-electron chi connectivity index (χ1n) is 8.22. The van der Waals surface area contributed by atoms with Gasteiger partial charge in [0.05, 0.1) is 13.2 Å². The minimum atomic E-state index is -2.29. The lowest BCUT2D eigenvalue weighted by molar-refractivity contribution is -0.150. The third kappa shape index (κ3) is 4.46. The molecule has 0 aliphatic carbocycles. The van der Waals surface area contributed by atoms with E-state index in [1.807, 2.05) is 32.0 Å². The van der Waals surface area contributed by atoms with Crippen LogP contribution in [-0.2, 0) is 9.59 Å². The van der Waals surface area contributed by atoms with Crippen molar-refractivity contribution in [3.8, 4) is 5.75 Å². The second-order valence-electron chi connectivity index (χ2n) is 6.41. The predicted molar refractivity (Wildman–Crippen MR) is 87.9 cm³/mol. The second kappa shape index (κ2) is 7.64. The summed E-state index contributed by atoms with van der Waals surface area (Å²) in [5, 5.41) is 8.84. The Morgan fingerprint density at radius 1 is 1.33 bits per heavy atom. The number of hydrogen-bond acceptors (Lipinski definition) is 3. The quantitative estimate of drug-likeness (QED) is 0.777. The number of aliphatic carboxylic acids is 1. The number of nitrogens with zero attached hydrogens (tertiary/aromatic N) is 1. The standard InChI is InChI=1S/C18H24FNO4/c1-13-6-7-14(2)15(11-13)24-10-4-3-5-16(21)20-9-8-18(19,12-20)17(22)23/h6-7,11H,3-5,8-10,12H2,1-2H3,(H,22,23). The maximum absolute atomic E-state index is 13.9. The number of benzene rings is 1. The van der Waals surface area contributed by atoms with Crippen LogP contribution in [0.2, 0.25) is 0 Å². The van der Waals surface area contributed by atoms with Crippen molar-refractivity contribution in [1.82, 2.24) is 4.90 Å². The van der Waals surface area contributed by atoms with Gasteiger partial charge in [0.1, 0.15) is 5.75 Å². The minimum absolute atomic E-state index is 0.135. The smallest absolute Gasteiger partial charge is 0.343 e. The van der Waals surface area contributed by atoms with Crippen LogP contribution in [-0.4, -0.2) is 47.2 Å². The summed E-state index contributed by atoms with van der Waals surface area (Å²) < 4.78 is 19.7. The maximum Gasteiger partial charge on any atom is 0.343 e. The van der Waals surface area contributed by atoms with Crippen LogP contribution in [0.4, 0.5) is 4.39 Å². The number of ether oxygens (including phenoxy) is 1. The first-order chi connectivity index (χ1) is 11.3. The summed E-state index contributed by atoms with van der Waals surface area (Å²) in [6, 6.07) is 6.02. The largest absolute Gasteiger partial charge is 0.493 e. The number of carboxylic acids is 1. The lowest BCUT2D eigenvalue weighted by atomic mass is 10.1. The topological polar surface area (TPSA) is 66.8 Å². The second-order valence-corrected chi connectivity index (χ2v) is 6.41. The van der Waals surface area contributed by atoms with E-state index in [-0.39, 0.29) is 31.8 Å². The molecule has 6 heteroatoms. The fraction of sp³-hybridized carbons (Fsp3) is 0.556. The highest BCUT2D eigenvalue weighted by Crippen LogP contribution is 2.26. The average Bonchev–Trinajstić information content (AvgIpc) is 2.94. The molecule has 0 spiro atoms. The zero-order valence-electron chi connectivity index (χ0n) is 14.2. The van der Waals surface area contributed by atoms with Crippen LogP contribution >= 0.6 is 0 Å². The van der Waals surface area contributed by atoms with Crippen LogP contribution in [0.25, 0.3) is 0 Å². The average molecular weight is 337 g/mol. The molecule has 1 unspecified atom stereocenters. The van der Waals surface area contributed by atoms with Crippen molar-refractivity contribution in [1.29, 1.82) is 0 Å². The SMILES string of the molecule is Cc1ccc(C)c(OCCCCC(=O)N2CCC(F)(C(=O)O)C2)c1. The van der Waals surface area contributed by atoms with Gasteiger partial charge in [-0.25, -0.2) is 9.18 Å². The van der Waals surface area contributed by atoms with Crippen LogP contribution in [0, 0.1) is 13.8 Å². The fourth-order valence-corrected chi connectivity index (χ4v) is 2.74. The van der Waals surface area contributed by atoms with Crippen molar-refractivity contribution in [3.63, 3.8) is 0 Å². The van der Waals surface area contributed by atoms with Crippen molar-refractivity contribution >= 4 is 11.9 Å². The molecule has 24 heavy (non-hydrogen) atoms. The van der Waals surface area contributed by atoms with Crippen molar-refractivity contribution in [2.45, 2.75) is 45.2 Å². The van der Waals surface area contributed by atoms with E-state index in [2.05, 4.69) is 0 Å². The van der Waals surface area contributed by atoms with Gasteiger partial charge in [-0.05, 0) is 43.9 Å². The molecule has 1 heterocycles. The van der Waals surface area contributed by atoms with Gasteiger partial charge in [-0.15, -0.1) is 0 Å². The van der Waals surface area contributed by atoms with Crippen molar-refractivity contribution in [2.24, 2.45) is 0 Å². The molecule has 0 saturated carbocycles. The Kier molecular flexibility index (Phi) is 5.80. The zero-order chi connectivity index (χ0) is 17.7. The molecule has 1 N–H and O–H groups in total. The summed E-state index contributed by atoms with van der Waals surface area (Å²) in [6.07, 6.45) is 1.49. The Hall–Kier alpha value is -2.11. The molecule has 0 aromatic heterocycles. The number of carbonyl (C=O) groups is 2. The molecule has 1 aliphatic rings. The third-order valence-corrected chi connectivity index (χ3v) is 4.34. The van der Waals surface area contributed by atoms with Gasteiger partial charge >= 0.3 is 5.97 Å². The molecule has 2 rings (SSSR count). The van der Waals surface area contributed by atoms with Crippen LogP contribution in [0.15, 0.2) is 18.2 Å². The Balaban J connectivity index is 1.68. The lowest BCUT2D eigenvalue weighted by Crippen LogP contribution is -2.38. The Labute approximate surface area is 141 Å². The number of carbonyl (C=O) groups excluding carboxylic acids is 1. The van der Waals surface area contributed by atoms with E-state index in [0.717, 1.165) is 16.9 Å². The Morgan fingerprint density at radius 2 is 2.08 bits per heavy atom. The molecule has 0 radical (unpaired) electrons.